The maximum atomic E-state index is 13.1. The van der Waals surface area contributed by atoms with Gasteiger partial charge in [0.05, 0.1) is 11.6 Å². The molecule has 2 aliphatic heterocycles. The monoisotopic (exact) mass is 443 g/mol. The largest absolute Gasteiger partial charge is 0.508 e. The summed E-state index contributed by atoms with van der Waals surface area (Å²) in [7, 11) is 0. The summed E-state index contributed by atoms with van der Waals surface area (Å²) in [5.41, 5.74) is 1.78. The Morgan fingerprint density at radius 3 is 2.33 bits per heavy atom. The Bertz CT molecular complexity index is 1250. The fourth-order valence-corrected chi connectivity index (χ4v) is 4.17. The molecular formula is C26H21NO6. The number of hydrogen-bond acceptors (Lipinski definition) is 6. The molecule has 7 nitrogen and oxygen atoms in total. The molecule has 1 amide bonds. The van der Waals surface area contributed by atoms with Gasteiger partial charge in [0.15, 0.2) is 11.5 Å². The van der Waals surface area contributed by atoms with E-state index in [0.717, 1.165) is 5.56 Å². The van der Waals surface area contributed by atoms with Crippen molar-refractivity contribution >= 4 is 17.4 Å². The van der Waals surface area contributed by atoms with Crippen molar-refractivity contribution < 1.29 is 29.3 Å². The van der Waals surface area contributed by atoms with Gasteiger partial charge in [0.1, 0.15) is 24.7 Å². The lowest BCUT2D eigenvalue weighted by Gasteiger charge is -2.25. The molecule has 3 aromatic carbocycles. The van der Waals surface area contributed by atoms with Crippen molar-refractivity contribution in [3.8, 4) is 17.2 Å². The lowest BCUT2D eigenvalue weighted by molar-refractivity contribution is -0.140. The zero-order valence-electron chi connectivity index (χ0n) is 17.6. The first-order valence-electron chi connectivity index (χ1n) is 10.5. The number of aliphatic hydroxyl groups is 1. The average molecular weight is 443 g/mol. The van der Waals surface area contributed by atoms with Gasteiger partial charge in [-0.1, -0.05) is 42.5 Å². The van der Waals surface area contributed by atoms with E-state index in [1.165, 1.54) is 17.0 Å². The second kappa shape index (κ2) is 8.35. The number of hydrogen-bond donors (Lipinski definition) is 2. The quantitative estimate of drug-likeness (QED) is 0.362. The van der Waals surface area contributed by atoms with Crippen LogP contribution in [0.4, 0.5) is 0 Å². The summed E-state index contributed by atoms with van der Waals surface area (Å²) in [5, 5.41) is 20.9. The molecule has 1 saturated heterocycles. The molecule has 2 heterocycles. The molecule has 1 atom stereocenters. The van der Waals surface area contributed by atoms with Crippen LogP contribution in [0.1, 0.15) is 22.7 Å². The van der Waals surface area contributed by atoms with Crippen LogP contribution >= 0.6 is 0 Å². The van der Waals surface area contributed by atoms with Gasteiger partial charge >= 0.3 is 0 Å². The second-order valence-corrected chi connectivity index (χ2v) is 7.86. The molecule has 5 rings (SSSR count). The van der Waals surface area contributed by atoms with Crippen LogP contribution in [0.3, 0.4) is 0 Å². The van der Waals surface area contributed by atoms with Gasteiger partial charge in [-0.2, -0.15) is 0 Å². The van der Waals surface area contributed by atoms with Crippen molar-refractivity contribution in [2.24, 2.45) is 0 Å². The van der Waals surface area contributed by atoms with Crippen LogP contribution < -0.4 is 9.47 Å². The number of phenols is 1. The number of ether oxygens (including phenoxy) is 2. The number of benzene rings is 3. The highest BCUT2D eigenvalue weighted by Gasteiger charge is 2.46. The minimum absolute atomic E-state index is 0.0155. The normalized spacial score (nSPS) is 19.0. The third-order valence-electron chi connectivity index (χ3n) is 5.76. The smallest absolute Gasteiger partial charge is 0.295 e. The van der Waals surface area contributed by atoms with Crippen molar-refractivity contribution in [1.29, 1.82) is 0 Å². The average Bonchev–Trinajstić information content (AvgIpc) is 3.09. The van der Waals surface area contributed by atoms with Gasteiger partial charge < -0.3 is 24.6 Å². The highest BCUT2D eigenvalue weighted by Crippen LogP contribution is 2.42. The number of aromatic hydroxyl groups is 1. The van der Waals surface area contributed by atoms with Crippen LogP contribution in [0.25, 0.3) is 5.76 Å². The number of carbonyl (C=O) groups is 2. The number of phenolic OH excluding ortho intramolecular Hbond substituents is 1. The van der Waals surface area contributed by atoms with Crippen molar-refractivity contribution in [3.63, 3.8) is 0 Å². The molecule has 0 aliphatic carbocycles. The van der Waals surface area contributed by atoms with E-state index in [4.69, 9.17) is 9.47 Å². The molecule has 0 aromatic heterocycles. The van der Waals surface area contributed by atoms with Gasteiger partial charge in [-0.15, -0.1) is 0 Å². The minimum atomic E-state index is -0.820. The van der Waals surface area contributed by atoms with Crippen molar-refractivity contribution in [2.75, 3.05) is 13.2 Å². The molecule has 7 heteroatoms. The summed E-state index contributed by atoms with van der Waals surface area (Å²) in [6, 6.07) is 19.7. The van der Waals surface area contributed by atoms with E-state index in [-0.39, 0.29) is 23.6 Å². The van der Waals surface area contributed by atoms with E-state index < -0.39 is 17.7 Å². The van der Waals surface area contributed by atoms with Gasteiger partial charge in [0, 0.05) is 12.1 Å². The molecule has 3 aromatic rings. The van der Waals surface area contributed by atoms with Gasteiger partial charge in [-0.05, 0) is 41.5 Å². The Morgan fingerprint density at radius 2 is 1.61 bits per heavy atom. The Balaban J connectivity index is 1.63. The van der Waals surface area contributed by atoms with Crippen LogP contribution in [0, 0.1) is 0 Å². The third-order valence-corrected chi connectivity index (χ3v) is 5.76. The number of nitrogens with zero attached hydrogens (tertiary/aromatic N) is 1. The molecule has 0 radical (unpaired) electrons. The molecule has 2 aliphatic rings. The van der Waals surface area contributed by atoms with E-state index in [2.05, 4.69) is 0 Å². The number of rotatable bonds is 4. The van der Waals surface area contributed by atoms with E-state index in [1.54, 1.807) is 30.3 Å². The third kappa shape index (κ3) is 3.78. The maximum Gasteiger partial charge on any atom is 0.295 e. The van der Waals surface area contributed by atoms with E-state index in [9.17, 15) is 19.8 Å². The summed E-state index contributed by atoms with van der Waals surface area (Å²) < 4.78 is 11.1. The molecule has 2 N–H and O–H groups in total. The number of carbonyl (C=O) groups excluding carboxylic acids is 2. The lowest BCUT2D eigenvalue weighted by atomic mass is 9.95. The molecule has 1 fully saturated rings. The predicted molar refractivity (Wildman–Crippen MR) is 120 cm³/mol. The summed E-state index contributed by atoms with van der Waals surface area (Å²) in [5.74, 6) is -0.681. The SMILES string of the molecule is O=C1C(=O)N(Cc2ccccc2)[C@H](c2ccc(O)cc2)/C1=C(\O)c1ccc2c(c1)OCCO2. The number of Topliss-reactive ketones (excluding diaryl/α,β-unsaturated/α-hetero) is 1. The molecule has 0 bridgehead atoms. The fourth-order valence-electron chi connectivity index (χ4n) is 4.17. The van der Waals surface area contributed by atoms with Crippen LogP contribution in [0.15, 0.2) is 78.4 Å². The first kappa shape index (κ1) is 20.6. The standard InChI is InChI=1S/C26H21NO6/c28-19-9-6-17(7-10-19)23-22(24(29)18-8-11-20-21(14-18)33-13-12-32-20)25(30)26(31)27(23)15-16-4-2-1-3-5-16/h1-11,14,23,28-29H,12-13,15H2/b24-22+/t23-/m1/s1. The summed E-state index contributed by atoms with van der Waals surface area (Å²) >= 11 is 0. The number of fused-ring (bicyclic) bond motifs is 1. The molecule has 0 unspecified atom stereocenters. The highest BCUT2D eigenvalue weighted by molar-refractivity contribution is 6.46. The Labute approximate surface area is 190 Å². The molecular weight excluding hydrogens is 422 g/mol. The van der Waals surface area contributed by atoms with Crippen LogP contribution in [-0.2, 0) is 16.1 Å². The van der Waals surface area contributed by atoms with Gasteiger partial charge in [-0.3, -0.25) is 9.59 Å². The minimum Gasteiger partial charge on any atom is -0.508 e. The van der Waals surface area contributed by atoms with Crippen LogP contribution in [-0.4, -0.2) is 40.0 Å². The summed E-state index contributed by atoms with van der Waals surface area (Å²) in [4.78, 5) is 27.7. The highest BCUT2D eigenvalue weighted by atomic mass is 16.6. The fraction of sp³-hybridized carbons (Fsp3) is 0.154. The van der Waals surface area contributed by atoms with Crippen molar-refractivity contribution in [3.05, 3.63) is 95.1 Å². The van der Waals surface area contributed by atoms with E-state index in [1.807, 2.05) is 30.3 Å². The summed E-state index contributed by atoms with van der Waals surface area (Å²) in [6.07, 6.45) is 0. The van der Waals surface area contributed by atoms with Gasteiger partial charge in [-0.25, -0.2) is 0 Å². The maximum absolute atomic E-state index is 13.1. The zero-order chi connectivity index (χ0) is 22.9. The number of amides is 1. The van der Waals surface area contributed by atoms with Crippen molar-refractivity contribution in [2.45, 2.75) is 12.6 Å². The van der Waals surface area contributed by atoms with Crippen LogP contribution in [0.5, 0.6) is 17.2 Å². The molecule has 166 valence electrons. The van der Waals surface area contributed by atoms with E-state index in [0.29, 0.717) is 35.8 Å². The Hall–Kier alpha value is -4.26. The number of aliphatic hydroxyl groups excluding tert-OH is 1. The molecule has 0 saturated carbocycles. The molecule has 33 heavy (non-hydrogen) atoms. The first-order chi connectivity index (χ1) is 16.0. The van der Waals surface area contributed by atoms with Crippen molar-refractivity contribution in [1.82, 2.24) is 4.90 Å². The van der Waals surface area contributed by atoms with Crippen LogP contribution in [0.2, 0.25) is 0 Å². The lowest BCUT2D eigenvalue weighted by Crippen LogP contribution is -2.29. The predicted octanol–water partition coefficient (Wildman–Crippen LogP) is 3.79. The van der Waals surface area contributed by atoms with Gasteiger partial charge in [0.25, 0.3) is 11.7 Å². The topological polar surface area (TPSA) is 96.3 Å². The Kier molecular flexibility index (Phi) is 5.22. The van der Waals surface area contributed by atoms with Gasteiger partial charge in [0.2, 0.25) is 0 Å². The summed E-state index contributed by atoms with van der Waals surface area (Å²) in [6.45, 7) is 1.00. The van der Waals surface area contributed by atoms with E-state index >= 15 is 0 Å². The Morgan fingerprint density at radius 1 is 0.909 bits per heavy atom. The number of likely N-dealkylation sites (tertiary alicyclic amines) is 1. The second-order valence-electron chi connectivity index (χ2n) is 7.86. The molecule has 0 spiro atoms. The zero-order valence-corrected chi connectivity index (χ0v) is 17.6. The number of ketones is 1. The first-order valence-corrected chi connectivity index (χ1v) is 10.5.